The van der Waals surface area contributed by atoms with Crippen LogP contribution in [0, 0.1) is 5.92 Å². The van der Waals surface area contributed by atoms with Crippen LogP contribution >= 0.6 is 11.8 Å². The summed E-state index contributed by atoms with van der Waals surface area (Å²) in [6.45, 7) is 1.85. The van der Waals surface area contributed by atoms with Crippen LogP contribution in [0.5, 0.6) is 0 Å². The Labute approximate surface area is 155 Å². The maximum Gasteiger partial charge on any atom is 0.335 e. The fourth-order valence-corrected chi connectivity index (χ4v) is 2.61. The van der Waals surface area contributed by atoms with Gasteiger partial charge in [0.15, 0.2) is 12.2 Å². The van der Waals surface area contributed by atoms with Crippen molar-refractivity contribution in [3.05, 3.63) is 29.8 Å². The quantitative estimate of drug-likeness (QED) is 0.241. The lowest BCUT2D eigenvalue weighted by Crippen LogP contribution is -2.39. The van der Waals surface area contributed by atoms with Crippen molar-refractivity contribution in [2.75, 3.05) is 17.2 Å². The molecule has 9 nitrogen and oxygen atoms in total. The molecule has 0 fully saturated rings. The van der Waals surface area contributed by atoms with E-state index in [4.69, 9.17) is 31.9 Å². The molecule has 0 saturated heterocycles. The molecule has 1 amide bonds. The number of carboxylic acid groups (broad SMARTS) is 2. The number of hydrogen-bond donors (Lipinski definition) is 6. The molecule has 1 rings (SSSR count). The van der Waals surface area contributed by atoms with E-state index in [1.807, 2.05) is 31.2 Å². The van der Waals surface area contributed by atoms with Crippen molar-refractivity contribution in [2.45, 2.75) is 25.6 Å². The number of hydrogen-bond acceptors (Lipinski definition) is 7. The van der Waals surface area contributed by atoms with Crippen LogP contribution in [-0.2, 0) is 20.8 Å². The van der Waals surface area contributed by atoms with Crippen LogP contribution in [-0.4, -0.2) is 62.0 Å². The number of aryl methyl sites for hydroxylation is 1. The van der Waals surface area contributed by atoms with Crippen molar-refractivity contribution in [1.82, 2.24) is 0 Å². The molecule has 0 spiro atoms. The average Bonchev–Trinajstić information content (AvgIpc) is 2.58. The minimum atomic E-state index is -2.27. The van der Waals surface area contributed by atoms with Gasteiger partial charge in [0.1, 0.15) is 0 Å². The highest BCUT2D eigenvalue weighted by molar-refractivity contribution is 7.99. The lowest BCUT2D eigenvalue weighted by atomic mass is 10.1. The summed E-state index contributed by atoms with van der Waals surface area (Å²) in [6, 6.07) is 7.86. The van der Waals surface area contributed by atoms with E-state index >= 15 is 0 Å². The van der Waals surface area contributed by atoms with Gasteiger partial charge in [0.2, 0.25) is 5.91 Å². The number of thioether (sulfide) groups is 1. The molecule has 10 heteroatoms. The summed E-state index contributed by atoms with van der Waals surface area (Å²) in [5, 5.41) is 32.5. The molecule has 3 unspecified atom stereocenters. The second-order valence-electron chi connectivity index (χ2n) is 5.39. The summed E-state index contributed by atoms with van der Waals surface area (Å²) in [4.78, 5) is 30.4. The maximum absolute atomic E-state index is 10.8. The first-order chi connectivity index (χ1) is 12.1. The third-order valence-corrected chi connectivity index (χ3v) is 4.46. The number of benzene rings is 1. The van der Waals surface area contributed by atoms with E-state index in [-0.39, 0.29) is 11.8 Å². The molecule has 8 N–H and O–H groups in total. The molecule has 0 bridgehead atoms. The van der Waals surface area contributed by atoms with Gasteiger partial charge in [-0.15, -0.1) is 0 Å². The van der Waals surface area contributed by atoms with Gasteiger partial charge in [-0.1, -0.05) is 25.1 Å². The summed E-state index contributed by atoms with van der Waals surface area (Å²) in [6.07, 6.45) is -3.60. The molecule has 146 valence electrons. The van der Waals surface area contributed by atoms with Crippen molar-refractivity contribution >= 4 is 35.3 Å². The number of anilines is 1. The average molecular weight is 388 g/mol. The first-order valence-electron chi connectivity index (χ1n) is 7.60. The first kappa shape index (κ1) is 23.7. The number of carbonyl (C=O) groups is 3. The number of primary amides is 1. The molecule has 0 heterocycles. The monoisotopic (exact) mass is 388 g/mol. The molecular weight excluding hydrogens is 364 g/mol. The normalized spacial score (nSPS) is 13.7. The zero-order chi connectivity index (χ0) is 20.3. The Balaban J connectivity index is 0.000000541. The Morgan fingerprint density at radius 1 is 1.08 bits per heavy atom. The zero-order valence-electron chi connectivity index (χ0n) is 14.2. The molecular formula is C16H24N2O7S. The van der Waals surface area contributed by atoms with E-state index in [9.17, 15) is 14.4 Å². The van der Waals surface area contributed by atoms with Gasteiger partial charge in [-0.2, -0.15) is 11.8 Å². The Kier molecular flexibility index (Phi) is 11.0. The maximum atomic E-state index is 10.8. The first-order valence-corrected chi connectivity index (χ1v) is 8.75. The van der Waals surface area contributed by atoms with Crippen LogP contribution in [0.2, 0.25) is 0 Å². The molecule has 0 aliphatic heterocycles. The van der Waals surface area contributed by atoms with Gasteiger partial charge in [0, 0.05) is 17.4 Å². The van der Waals surface area contributed by atoms with Gasteiger partial charge in [0.05, 0.1) is 0 Å². The molecule has 1 aromatic rings. The van der Waals surface area contributed by atoms with Gasteiger partial charge in [-0.3, -0.25) is 4.79 Å². The number of nitrogen functional groups attached to an aromatic ring is 1. The topological polar surface area (TPSA) is 184 Å². The Morgan fingerprint density at radius 3 is 2.00 bits per heavy atom. The summed E-state index contributed by atoms with van der Waals surface area (Å²) >= 11 is 1.74. The highest BCUT2D eigenvalue weighted by Gasteiger charge is 2.29. The van der Waals surface area contributed by atoms with E-state index in [0.29, 0.717) is 0 Å². The zero-order valence-corrected chi connectivity index (χ0v) is 15.1. The number of aliphatic hydroxyl groups is 2. The van der Waals surface area contributed by atoms with Crippen molar-refractivity contribution < 1.29 is 34.8 Å². The fourth-order valence-electron chi connectivity index (χ4n) is 1.56. The van der Waals surface area contributed by atoms with Crippen LogP contribution in [0.1, 0.15) is 12.5 Å². The molecule has 0 radical (unpaired) electrons. The highest BCUT2D eigenvalue weighted by Crippen LogP contribution is 2.15. The SMILES string of the molecule is CC(CSCCc1ccccc1N)C(N)=O.O=C(O)C(O)C(O)C(=O)O. The van der Waals surface area contributed by atoms with Crippen molar-refractivity contribution in [2.24, 2.45) is 11.7 Å². The summed E-state index contributed by atoms with van der Waals surface area (Å²) in [5.41, 5.74) is 13.0. The standard InChI is InChI=1S/C12H18N2OS.C4H6O6/c1-9(12(14)15)8-16-7-6-10-4-2-3-5-11(10)13;5-1(3(7)8)2(6)4(9)10/h2-5,9H,6-8,13H2,1H3,(H2,14,15);1-2,5-6H,(H,7,8)(H,9,10). The van der Waals surface area contributed by atoms with E-state index in [1.54, 1.807) is 11.8 Å². The lowest BCUT2D eigenvalue weighted by molar-refractivity contribution is -0.165. The van der Waals surface area contributed by atoms with E-state index in [1.165, 1.54) is 5.56 Å². The number of aliphatic carboxylic acids is 2. The van der Waals surface area contributed by atoms with Gasteiger partial charge in [-0.05, 0) is 23.8 Å². The van der Waals surface area contributed by atoms with Gasteiger partial charge >= 0.3 is 11.9 Å². The molecule has 26 heavy (non-hydrogen) atoms. The third-order valence-electron chi connectivity index (χ3n) is 3.23. The highest BCUT2D eigenvalue weighted by atomic mass is 32.2. The second-order valence-corrected chi connectivity index (χ2v) is 6.54. The van der Waals surface area contributed by atoms with E-state index in [2.05, 4.69) is 0 Å². The number of carboxylic acids is 2. The van der Waals surface area contributed by atoms with E-state index < -0.39 is 24.1 Å². The fraction of sp³-hybridized carbons (Fsp3) is 0.438. The predicted molar refractivity (Wildman–Crippen MR) is 97.5 cm³/mol. The van der Waals surface area contributed by atoms with Crippen molar-refractivity contribution in [3.8, 4) is 0 Å². The minimum absolute atomic E-state index is 0.0573. The van der Waals surface area contributed by atoms with Gasteiger partial charge in [0.25, 0.3) is 0 Å². The predicted octanol–water partition coefficient (Wildman–Crippen LogP) is -0.457. The third kappa shape index (κ3) is 9.25. The summed E-state index contributed by atoms with van der Waals surface area (Å²) in [7, 11) is 0. The van der Waals surface area contributed by atoms with Crippen LogP contribution in [0.15, 0.2) is 24.3 Å². The Hall–Kier alpha value is -2.30. The smallest absolute Gasteiger partial charge is 0.335 e. The van der Waals surface area contributed by atoms with Gasteiger partial charge < -0.3 is 31.9 Å². The second kappa shape index (κ2) is 12.1. The molecule has 3 atom stereocenters. The molecule has 0 aliphatic rings. The minimum Gasteiger partial charge on any atom is -0.479 e. The Morgan fingerprint density at radius 2 is 1.58 bits per heavy atom. The number of amides is 1. The summed E-state index contributed by atoms with van der Waals surface area (Å²) in [5.74, 6) is -2.08. The van der Waals surface area contributed by atoms with Crippen LogP contribution < -0.4 is 11.5 Å². The number of carbonyl (C=O) groups excluding carboxylic acids is 1. The lowest BCUT2D eigenvalue weighted by Gasteiger charge is -2.07. The number of nitrogens with two attached hydrogens (primary N) is 2. The summed E-state index contributed by atoms with van der Waals surface area (Å²) < 4.78 is 0. The van der Waals surface area contributed by atoms with E-state index in [0.717, 1.165) is 23.6 Å². The Bertz CT molecular complexity index is 594. The molecule has 0 aliphatic carbocycles. The van der Waals surface area contributed by atoms with Crippen LogP contribution in [0.3, 0.4) is 0 Å². The number of rotatable bonds is 9. The van der Waals surface area contributed by atoms with Crippen LogP contribution in [0.25, 0.3) is 0 Å². The number of aliphatic hydroxyl groups excluding tert-OH is 2. The molecule has 1 aromatic carbocycles. The number of para-hydroxylation sites is 1. The van der Waals surface area contributed by atoms with Crippen molar-refractivity contribution in [3.63, 3.8) is 0 Å². The van der Waals surface area contributed by atoms with Crippen LogP contribution in [0.4, 0.5) is 5.69 Å². The molecule has 0 aromatic heterocycles. The largest absolute Gasteiger partial charge is 0.479 e. The van der Waals surface area contributed by atoms with Gasteiger partial charge in [-0.25, -0.2) is 9.59 Å². The molecule has 0 saturated carbocycles. The van der Waals surface area contributed by atoms with Crippen molar-refractivity contribution in [1.29, 1.82) is 0 Å².